The zero-order chi connectivity index (χ0) is 17.2. The molecule has 1 N–H and O–H groups in total. The third kappa shape index (κ3) is 3.86. The summed E-state index contributed by atoms with van der Waals surface area (Å²) in [6.45, 7) is 1.52. The van der Waals surface area contributed by atoms with Crippen molar-refractivity contribution in [3.8, 4) is 0 Å². The first-order chi connectivity index (χ1) is 11.5. The Balaban J connectivity index is 1.72. The van der Waals surface area contributed by atoms with E-state index in [1.165, 1.54) is 27.8 Å². The molecule has 0 bridgehead atoms. The van der Waals surface area contributed by atoms with Crippen LogP contribution < -0.4 is 5.32 Å². The van der Waals surface area contributed by atoms with Crippen LogP contribution in [0, 0.1) is 0 Å². The Morgan fingerprint density at radius 2 is 1.79 bits per heavy atom. The summed E-state index contributed by atoms with van der Waals surface area (Å²) in [7, 11) is -3.52. The van der Waals surface area contributed by atoms with E-state index in [9.17, 15) is 13.2 Å². The standard InChI is InChI=1S/C15H15BrN2O4S2/c16-14-6-5-13(23-14)15(19)17-11-1-3-12(4-2-11)24(20,21)18-7-9-22-10-8-18/h1-6H,7-10H2,(H,17,19). The molecule has 0 saturated carbocycles. The number of ether oxygens (including phenoxy) is 1. The number of rotatable bonds is 4. The van der Waals surface area contributed by atoms with Crippen molar-refractivity contribution in [1.82, 2.24) is 4.31 Å². The highest BCUT2D eigenvalue weighted by Crippen LogP contribution is 2.24. The number of nitrogens with one attached hydrogen (secondary N) is 1. The fraction of sp³-hybridized carbons (Fsp3) is 0.267. The molecule has 9 heteroatoms. The molecule has 1 amide bonds. The number of thiophene rings is 1. The van der Waals surface area contributed by atoms with Crippen molar-refractivity contribution >= 4 is 48.9 Å². The fourth-order valence-corrected chi connectivity index (χ4v) is 4.96. The van der Waals surface area contributed by atoms with E-state index in [1.807, 2.05) is 0 Å². The first-order valence-electron chi connectivity index (χ1n) is 7.21. The van der Waals surface area contributed by atoms with E-state index in [0.29, 0.717) is 36.9 Å². The average Bonchev–Trinajstić information content (AvgIpc) is 3.03. The van der Waals surface area contributed by atoms with Gasteiger partial charge in [-0.25, -0.2) is 8.42 Å². The molecule has 3 rings (SSSR count). The monoisotopic (exact) mass is 430 g/mol. The van der Waals surface area contributed by atoms with Crippen molar-refractivity contribution in [2.75, 3.05) is 31.6 Å². The van der Waals surface area contributed by atoms with Gasteiger partial charge < -0.3 is 10.1 Å². The molecule has 1 aliphatic rings. The lowest BCUT2D eigenvalue weighted by Gasteiger charge is -2.26. The van der Waals surface area contributed by atoms with Crippen LogP contribution in [0.1, 0.15) is 9.67 Å². The molecule has 0 atom stereocenters. The lowest BCUT2D eigenvalue weighted by Crippen LogP contribution is -2.40. The fourth-order valence-electron chi connectivity index (χ4n) is 2.28. The largest absolute Gasteiger partial charge is 0.379 e. The second-order valence-electron chi connectivity index (χ2n) is 5.10. The van der Waals surface area contributed by atoms with Crippen LogP contribution in [0.15, 0.2) is 45.1 Å². The van der Waals surface area contributed by atoms with E-state index in [0.717, 1.165) is 3.79 Å². The van der Waals surface area contributed by atoms with E-state index in [-0.39, 0.29) is 10.8 Å². The second-order valence-corrected chi connectivity index (χ2v) is 9.50. The van der Waals surface area contributed by atoms with Gasteiger partial charge in [-0.05, 0) is 52.3 Å². The molecule has 2 aromatic rings. The van der Waals surface area contributed by atoms with Crippen LogP contribution in [-0.2, 0) is 14.8 Å². The van der Waals surface area contributed by atoms with Crippen molar-refractivity contribution < 1.29 is 17.9 Å². The maximum absolute atomic E-state index is 12.5. The summed E-state index contributed by atoms with van der Waals surface area (Å²) in [6, 6.07) is 9.72. The van der Waals surface area contributed by atoms with Crippen LogP contribution >= 0.6 is 27.3 Å². The minimum Gasteiger partial charge on any atom is -0.379 e. The third-order valence-corrected chi connectivity index (χ3v) is 7.05. The van der Waals surface area contributed by atoms with Crippen molar-refractivity contribution in [1.29, 1.82) is 0 Å². The Hall–Kier alpha value is -1.26. The molecule has 24 heavy (non-hydrogen) atoms. The Labute approximate surface area is 152 Å². The molecule has 6 nitrogen and oxygen atoms in total. The van der Waals surface area contributed by atoms with E-state index in [1.54, 1.807) is 24.3 Å². The Morgan fingerprint density at radius 1 is 1.12 bits per heavy atom. The zero-order valence-corrected chi connectivity index (χ0v) is 15.8. The van der Waals surface area contributed by atoms with Gasteiger partial charge in [0.1, 0.15) is 0 Å². The lowest BCUT2D eigenvalue weighted by molar-refractivity contribution is 0.0730. The number of carbonyl (C=O) groups is 1. The SMILES string of the molecule is O=C(Nc1ccc(S(=O)(=O)N2CCOCC2)cc1)c1ccc(Br)s1. The lowest BCUT2D eigenvalue weighted by atomic mass is 10.3. The van der Waals surface area contributed by atoms with Crippen LogP contribution in [-0.4, -0.2) is 44.9 Å². The number of sulfonamides is 1. The third-order valence-electron chi connectivity index (χ3n) is 3.52. The molecule has 1 fully saturated rings. The van der Waals surface area contributed by atoms with Crippen molar-refractivity contribution in [2.45, 2.75) is 4.90 Å². The molecule has 1 aliphatic heterocycles. The topological polar surface area (TPSA) is 75.7 Å². The molecule has 1 aromatic carbocycles. The van der Waals surface area contributed by atoms with Crippen LogP contribution in [0.5, 0.6) is 0 Å². The van der Waals surface area contributed by atoms with Gasteiger partial charge >= 0.3 is 0 Å². The van der Waals surface area contributed by atoms with Gasteiger partial charge in [0.05, 0.1) is 26.8 Å². The number of nitrogens with zero attached hydrogens (tertiary/aromatic N) is 1. The van der Waals surface area contributed by atoms with E-state index < -0.39 is 10.0 Å². The number of halogens is 1. The number of hydrogen-bond acceptors (Lipinski definition) is 5. The van der Waals surface area contributed by atoms with Crippen LogP contribution in [0.4, 0.5) is 5.69 Å². The van der Waals surface area contributed by atoms with Gasteiger partial charge in [-0.15, -0.1) is 11.3 Å². The van der Waals surface area contributed by atoms with Gasteiger partial charge in [-0.2, -0.15) is 4.31 Å². The highest BCUT2D eigenvalue weighted by Gasteiger charge is 2.26. The average molecular weight is 431 g/mol. The second kappa shape index (κ2) is 7.32. The highest BCUT2D eigenvalue weighted by molar-refractivity contribution is 9.11. The van der Waals surface area contributed by atoms with Gasteiger partial charge in [0.25, 0.3) is 5.91 Å². The number of hydrogen-bond donors (Lipinski definition) is 1. The summed E-state index contributed by atoms with van der Waals surface area (Å²) in [5, 5.41) is 2.75. The summed E-state index contributed by atoms with van der Waals surface area (Å²) in [5.41, 5.74) is 0.547. The molecular formula is C15H15BrN2O4S2. The summed E-state index contributed by atoms with van der Waals surface area (Å²) in [6.07, 6.45) is 0. The molecule has 0 radical (unpaired) electrons. The number of amides is 1. The Morgan fingerprint density at radius 3 is 2.38 bits per heavy atom. The first kappa shape index (κ1) is 17.6. The quantitative estimate of drug-likeness (QED) is 0.808. The van der Waals surface area contributed by atoms with E-state index >= 15 is 0 Å². The maximum Gasteiger partial charge on any atom is 0.265 e. The van der Waals surface area contributed by atoms with Gasteiger partial charge in [-0.1, -0.05) is 0 Å². The molecule has 1 saturated heterocycles. The number of carbonyl (C=O) groups excluding carboxylic acids is 1. The van der Waals surface area contributed by atoms with Crippen molar-refractivity contribution in [3.05, 3.63) is 45.1 Å². The maximum atomic E-state index is 12.5. The first-order valence-corrected chi connectivity index (χ1v) is 10.3. The van der Waals surface area contributed by atoms with Crippen LogP contribution in [0.2, 0.25) is 0 Å². The van der Waals surface area contributed by atoms with E-state index in [2.05, 4.69) is 21.2 Å². The molecule has 2 heterocycles. The van der Waals surface area contributed by atoms with Crippen LogP contribution in [0.3, 0.4) is 0 Å². The van der Waals surface area contributed by atoms with Gasteiger partial charge in [0.15, 0.2) is 0 Å². The molecule has 0 aliphatic carbocycles. The highest BCUT2D eigenvalue weighted by atomic mass is 79.9. The minimum absolute atomic E-state index is 0.210. The molecule has 128 valence electrons. The Bertz CT molecular complexity index is 827. The molecule has 0 unspecified atom stereocenters. The normalized spacial score (nSPS) is 16.0. The van der Waals surface area contributed by atoms with Gasteiger partial charge in [0, 0.05) is 18.8 Å². The van der Waals surface area contributed by atoms with Crippen molar-refractivity contribution in [2.24, 2.45) is 0 Å². The summed E-state index contributed by atoms with van der Waals surface area (Å²) < 4.78 is 32.5. The van der Waals surface area contributed by atoms with Gasteiger partial charge in [-0.3, -0.25) is 4.79 Å². The zero-order valence-electron chi connectivity index (χ0n) is 12.6. The van der Waals surface area contributed by atoms with Crippen LogP contribution in [0.25, 0.3) is 0 Å². The summed E-state index contributed by atoms with van der Waals surface area (Å²) in [4.78, 5) is 12.9. The number of anilines is 1. The molecular weight excluding hydrogens is 416 g/mol. The molecule has 1 aromatic heterocycles. The van der Waals surface area contributed by atoms with E-state index in [4.69, 9.17) is 4.74 Å². The summed E-state index contributed by atoms with van der Waals surface area (Å²) >= 11 is 4.64. The predicted octanol–water partition coefficient (Wildman–Crippen LogP) is 2.78. The minimum atomic E-state index is -3.52. The smallest absolute Gasteiger partial charge is 0.265 e. The summed E-state index contributed by atoms with van der Waals surface area (Å²) in [5.74, 6) is -0.227. The van der Waals surface area contributed by atoms with Gasteiger partial charge in [0.2, 0.25) is 10.0 Å². The predicted molar refractivity (Wildman–Crippen MR) is 96.0 cm³/mol. The number of morpholine rings is 1. The van der Waals surface area contributed by atoms with Crippen molar-refractivity contribution in [3.63, 3.8) is 0 Å². The number of benzene rings is 1. The Kier molecular flexibility index (Phi) is 5.36. The molecule has 0 spiro atoms.